The highest BCUT2D eigenvalue weighted by atomic mass is 16.2. The fraction of sp³-hybridized carbons (Fsp3) is 0.583. The number of likely N-dealkylation sites (N-methyl/N-ethyl adjacent to an activating group) is 1. The molecule has 1 amide bonds. The summed E-state index contributed by atoms with van der Waals surface area (Å²) in [6, 6.07) is 2.14. The van der Waals surface area contributed by atoms with E-state index in [-0.39, 0.29) is 5.91 Å². The van der Waals surface area contributed by atoms with Crippen LogP contribution in [0.4, 0.5) is 0 Å². The molecule has 1 aromatic rings. The molecule has 5 heteroatoms. The van der Waals surface area contributed by atoms with Crippen molar-refractivity contribution in [3.8, 4) is 0 Å². The van der Waals surface area contributed by atoms with Gasteiger partial charge in [-0.25, -0.2) is 0 Å². The summed E-state index contributed by atoms with van der Waals surface area (Å²) in [4.78, 5) is 14.1. The fourth-order valence-electron chi connectivity index (χ4n) is 1.86. The van der Waals surface area contributed by atoms with Gasteiger partial charge in [-0.1, -0.05) is 6.92 Å². The number of rotatable bonds is 3. The van der Waals surface area contributed by atoms with E-state index in [0.717, 1.165) is 30.9 Å². The lowest BCUT2D eigenvalue weighted by Crippen LogP contribution is -2.57. The highest BCUT2D eigenvalue weighted by Crippen LogP contribution is 2.13. The fourth-order valence-corrected chi connectivity index (χ4v) is 1.86. The molecular weight excluding hydrogens is 216 g/mol. The molecule has 5 nitrogen and oxygen atoms in total. The molecule has 17 heavy (non-hydrogen) atoms. The number of nitrogens with zero attached hydrogens (tertiary/aromatic N) is 3. The first-order valence-electron chi connectivity index (χ1n) is 5.94. The van der Waals surface area contributed by atoms with Crippen LogP contribution in [0, 0.1) is 6.92 Å². The number of hydrogen-bond donors (Lipinski definition) is 1. The van der Waals surface area contributed by atoms with Gasteiger partial charge in [0.25, 0.3) is 5.91 Å². The van der Waals surface area contributed by atoms with E-state index in [0.29, 0.717) is 11.6 Å². The van der Waals surface area contributed by atoms with E-state index in [4.69, 9.17) is 0 Å². The predicted molar refractivity (Wildman–Crippen MR) is 64.9 cm³/mol. The van der Waals surface area contributed by atoms with Gasteiger partial charge in [-0.2, -0.15) is 10.2 Å². The van der Waals surface area contributed by atoms with E-state index >= 15 is 0 Å². The van der Waals surface area contributed by atoms with Crippen molar-refractivity contribution < 1.29 is 4.79 Å². The number of aromatic nitrogens is 2. The van der Waals surface area contributed by atoms with Crippen molar-refractivity contribution in [3.05, 3.63) is 23.0 Å². The molecule has 0 unspecified atom stereocenters. The molecule has 1 aliphatic heterocycles. The van der Waals surface area contributed by atoms with Gasteiger partial charge in [0.15, 0.2) is 0 Å². The van der Waals surface area contributed by atoms with Gasteiger partial charge >= 0.3 is 0 Å². The van der Waals surface area contributed by atoms with E-state index in [1.165, 1.54) is 0 Å². The molecular formula is C12H18N4O. The van der Waals surface area contributed by atoms with Crippen LogP contribution in [0.1, 0.15) is 28.7 Å². The molecule has 0 spiro atoms. The molecule has 1 N–H and O–H groups in total. The Morgan fingerprint density at radius 2 is 2.24 bits per heavy atom. The Balaban J connectivity index is 2.25. The van der Waals surface area contributed by atoms with Crippen LogP contribution in [0.25, 0.3) is 0 Å². The van der Waals surface area contributed by atoms with Crippen molar-refractivity contribution in [2.75, 3.05) is 20.1 Å². The molecule has 2 heterocycles. The van der Waals surface area contributed by atoms with Crippen molar-refractivity contribution in [2.24, 2.45) is 0 Å². The van der Waals surface area contributed by atoms with Crippen LogP contribution >= 0.6 is 0 Å². The summed E-state index contributed by atoms with van der Waals surface area (Å²) in [7, 11) is 1.85. The summed E-state index contributed by atoms with van der Waals surface area (Å²) in [5, 5.41) is 11.3. The minimum atomic E-state index is 0.0475. The maximum atomic E-state index is 12.3. The maximum Gasteiger partial charge on any atom is 0.255 e. The van der Waals surface area contributed by atoms with Crippen molar-refractivity contribution in [1.29, 1.82) is 0 Å². The Morgan fingerprint density at radius 1 is 1.53 bits per heavy atom. The SMILES string of the molecule is CCc1nnc(C)cc1C(=O)N(C)C1CNC1. The average Bonchev–Trinajstić information content (AvgIpc) is 2.25. The van der Waals surface area contributed by atoms with Crippen molar-refractivity contribution in [1.82, 2.24) is 20.4 Å². The summed E-state index contributed by atoms with van der Waals surface area (Å²) in [5.41, 5.74) is 2.25. The van der Waals surface area contributed by atoms with Gasteiger partial charge in [0.2, 0.25) is 0 Å². The molecule has 0 radical (unpaired) electrons. The van der Waals surface area contributed by atoms with Crippen molar-refractivity contribution in [3.63, 3.8) is 0 Å². The lowest BCUT2D eigenvalue weighted by Gasteiger charge is -2.35. The van der Waals surface area contributed by atoms with Crippen LogP contribution in [0.2, 0.25) is 0 Å². The summed E-state index contributed by atoms with van der Waals surface area (Å²) in [6.07, 6.45) is 0.727. The summed E-state index contributed by atoms with van der Waals surface area (Å²) >= 11 is 0. The average molecular weight is 234 g/mol. The van der Waals surface area contributed by atoms with Gasteiger partial charge in [-0.3, -0.25) is 4.79 Å². The number of amides is 1. The van der Waals surface area contributed by atoms with Gasteiger partial charge in [-0.15, -0.1) is 0 Å². The molecule has 1 aromatic heterocycles. The Kier molecular flexibility index (Phi) is 3.38. The zero-order valence-corrected chi connectivity index (χ0v) is 10.5. The molecule has 0 aromatic carbocycles. The summed E-state index contributed by atoms with van der Waals surface area (Å²) < 4.78 is 0. The topological polar surface area (TPSA) is 58.1 Å². The third kappa shape index (κ3) is 2.29. The van der Waals surface area contributed by atoms with Gasteiger partial charge in [0.05, 0.1) is 23.0 Å². The van der Waals surface area contributed by atoms with Crippen LogP contribution in [0.15, 0.2) is 6.07 Å². The van der Waals surface area contributed by atoms with E-state index < -0.39 is 0 Å². The number of aryl methyl sites for hydroxylation is 2. The lowest BCUT2D eigenvalue weighted by molar-refractivity contribution is 0.0679. The third-order valence-electron chi connectivity index (χ3n) is 3.19. The van der Waals surface area contributed by atoms with Gasteiger partial charge in [-0.05, 0) is 19.4 Å². The summed E-state index contributed by atoms with van der Waals surface area (Å²) in [6.45, 7) is 5.59. The second-order valence-electron chi connectivity index (χ2n) is 4.43. The largest absolute Gasteiger partial charge is 0.336 e. The Hall–Kier alpha value is -1.49. The first kappa shape index (κ1) is 12.0. The number of hydrogen-bond acceptors (Lipinski definition) is 4. The second kappa shape index (κ2) is 4.79. The van der Waals surface area contributed by atoms with Crippen LogP contribution in [-0.2, 0) is 6.42 Å². The highest BCUT2D eigenvalue weighted by Gasteiger charge is 2.27. The highest BCUT2D eigenvalue weighted by molar-refractivity contribution is 5.95. The van der Waals surface area contributed by atoms with E-state index in [2.05, 4.69) is 15.5 Å². The van der Waals surface area contributed by atoms with E-state index in [9.17, 15) is 4.79 Å². The van der Waals surface area contributed by atoms with Crippen LogP contribution in [0.5, 0.6) is 0 Å². The third-order valence-corrected chi connectivity index (χ3v) is 3.19. The molecule has 2 rings (SSSR count). The molecule has 1 fully saturated rings. The molecule has 92 valence electrons. The predicted octanol–water partition coefficient (Wildman–Crippen LogP) is 0.391. The van der Waals surface area contributed by atoms with Crippen LogP contribution in [-0.4, -0.2) is 47.2 Å². The molecule has 0 atom stereocenters. The molecule has 1 saturated heterocycles. The first-order chi connectivity index (χ1) is 8.13. The first-order valence-corrected chi connectivity index (χ1v) is 5.94. The van der Waals surface area contributed by atoms with Gasteiger partial charge < -0.3 is 10.2 Å². The lowest BCUT2D eigenvalue weighted by atomic mass is 10.1. The Morgan fingerprint density at radius 3 is 2.76 bits per heavy atom. The minimum Gasteiger partial charge on any atom is -0.336 e. The zero-order chi connectivity index (χ0) is 12.4. The normalized spacial score (nSPS) is 15.5. The van der Waals surface area contributed by atoms with Crippen molar-refractivity contribution in [2.45, 2.75) is 26.3 Å². The van der Waals surface area contributed by atoms with Crippen LogP contribution < -0.4 is 5.32 Å². The number of carbonyl (C=O) groups is 1. The van der Waals surface area contributed by atoms with Crippen molar-refractivity contribution >= 4 is 5.91 Å². The zero-order valence-electron chi connectivity index (χ0n) is 10.5. The van der Waals surface area contributed by atoms with Gasteiger partial charge in [0, 0.05) is 20.1 Å². The Labute approximate surface area is 101 Å². The Bertz CT molecular complexity index is 429. The molecule has 0 bridgehead atoms. The molecule has 0 saturated carbocycles. The summed E-state index contributed by atoms with van der Waals surface area (Å²) in [5.74, 6) is 0.0475. The number of nitrogens with one attached hydrogen (secondary N) is 1. The second-order valence-corrected chi connectivity index (χ2v) is 4.43. The number of carbonyl (C=O) groups excluding carboxylic acids is 1. The monoisotopic (exact) mass is 234 g/mol. The quantitative estimate of drug-likeness (QED) is 0.822. The van der Waals surface area contributed by atoms with Gasteiger partial charge in [0.1, 0.15) is 0 Å². The standard InChI is InChI=1S/C12H18N4O/c1-4-11-10(5-8(2)14-15-11)12(17)16(3)9-6-13-7-9/h5,9,13H,4,6-7H2,1-3H3. The van der Waals surface area contributed by atoms with E-state index in [1.807, 2.05) is 27.0 Å². The van der Waals surface area contributed by atoms with Crippen LogP contribution in [0.3, 0.4) is 0 Å². The molecule has 0 aliphatic carbocycles. The maximum absolute atomic E-state index is 12.3. The smallest absolute Gasteiger partial charge is 0.255 e. The van der Waals surface area contributed by atoms with E-state index in [1.54, 1.807) is 4.90 Å². The molecule has 1 aliphatic rings. The minimum absolute atomic E-state index is 0.0475.